The molecule has 4 nitrogen and oxygen atoms in total. The largest absolute Gasteiger partial charge is 0.234 e. The van der Waals surface area contributed by atoms with Crippen LogP contribution in [0.2, 0.25) is 0 Å². The lowest BCUT2D eigenvalue weighted by Crippen LogP contribution is -2.24. The number of rotatable bonds is 4. The van der Waals surface area contributed by atoms with Gasteiger partial charge in [0.25, 0.3) is 0 Å². The summed E-state index contributed by atoms with van der Waals surface area (Å²) < 4.78 is 0. The summed E-state index contributed by atoms with van der Waals surface area (Å²) >= 11 is 0. The number of hydrogen-bond acceptors (Lipinski definition) is 4. The van der Waals surface area contributed by atoms with Crippen molar-refractivity contribution in [3.05, 3.63) is 0 Å². The number of nitrogens with zero attached hydrogens (tertiary/aromatic N) is 2. The average molecular weight is 206 g/mol. The lowest BCUT2D eigenvalue weighted by atomic mass is 9.80. The molecule has 0 aliphatic heterocycles. The summed E-state index contributed by atoms with van der Waals surface area (Å²) in [6.07, 6.45) is 6.78. The molecule has 0 aromatic rings. The highest BCUT2D eigenvalue weighted by Gasteiger charge is 2.45. The molecule has 0 amide bonds. The summed E-state index contributed by atoms with van der Waals surface area (Å²) in [4.78, 5) is 27.5. The highest BCUT2D eigenvalue weighted by atomic mass is 16.1. The van der Waals surface area contributed by atoms with Gasteiger partial charge in [0.15, 0.2) is 0 Å². The van der Waals surface area contributed by atoms with Crippen LogP contribution in [0.15, 0.2) is 9.98 Å². The molecule has 0 aromatic carbocycles. The van der Waals surface area contributed by atoms with Crippen molar-refractivity contribution in [2.24, 2.45) is 33.7 Å². The van der Waals surface area contributed by atoms with Gasteiger partial charge in [-0.1, -0.05) is 0 Å². The maximum Gasteiger partial charge on any atom is 0.234 e. The maximum absolute atomic E-state index is 10.1. The predicted molar refractivity (Wildman–Crippen MR) is 53.8 cm³/mol. The highest BCUT2D eigenvalue weighted by Crippen LogP contribution is 2.51. The molecular formula is C11H14N2O2. The van der Waals surface area contributed by atoms with E-state index in [0.717, 1.165) is 5.92 Å². The fraction of sp³-hybridized carbons (Fsp3) is 0.818. The second-order valence-electron chi connectivity index (χ2n) is 4.62. The number of isocyanates is 2. The summed E-state index contributed by atoms with van der Waals surface area (Å²) in [6, 6.07) is 0. The van der Waals surface area contributed by atoms with E-state index >= 15 is 0 Å². The normalized spacial score (nSPS) is 37.1. The smallest absolute Gasteiger partial charge is 0.211 e. The molecule has 2 bridgehead atoms. The van der Waals surface area contributed by atoms with Crippen LogP contribution in [-0.2, 0) is 9.59 Å². The van der Waals surface area contributed by atoms with E-state index in [1.807, 2.05) is 0 Å². The molecule has 2 aliphatic rings. The van der Waals surface area contributed by atoms with E-state index in [-0.39, 0.29) is 0 Å². The molecular weight excluding hydrogens is 192 g/mol. The van der Waals surface area contributed by atoms with Crippen molar-refractivity contribution in [1.29, 1.82) is 0 Å². The highest BCUT2D eigenvalue weighted by molar-refractivity contribution is 5.33. The van der Waals surface area contributed by atoms with Gasteiger partial charge >= 0.3 is 0 Å². The minimum atomic E-state index is 0.511. The number of hydrogen-bond donors (Lipinski definition) is 0. The van der Waals surface area contributed by atoms with E-state index in [1.54, 1.807) is 12.2 Å². The first-order valence-corrected chi connectivity index (χ1v) is 5.42. The van der Waals surface area contributed by atoms with Crippen LogP contribution >= 0.6 is 0 Å². The number of aliphatic imine (C=N–C) groups is 2. The van der Waals surface area contributed by atoms with Crippen LogP contribution in [0.5, 0.6) is 0 Å². The van der Waals surface area contributed by atoms with E-state index in [4.69, 9.17) is 0 Å². The van der Waals surface area contributed by atoms with Gasteiger partial charge in [0, 0.05) is 0 Å². The molecule has 2 saturated carbocycles. The SMILES string of the molecule is O=C=NC[C@@H]1CC2CC1[C@H](CN=C=O)C2. The molecule has 0 saturated heterocycles. The zero-order valence-electron chi connectivity index (χ0n) is 8.56. The zero-order chi connectivity index (χ0) is 10.7. The summed E-state index contributed by atoms with van der Waals surface area (Å²) in [6.45, 7) is 1.21. The Kier molecular flexibility index (Phi) is 3.10. The van der Waals surface area contributed by atoms with Gasteiger partial charge in [0.2, 0.25) is 12.2 Å². The van der Waals surface area contributed by atoms with Gasteiger partial charge in [0.1, 0.15) is 0 Å². The van der Waals surface area contributed by atoms with Gasteiger partial charge in [-0.3, -0.25) is 0 Å². The lowest BCUT2D eigenvalue weighted by Gasteiger charge is -2.26. The second kappa shape index (κ2) is 4.52. The van der Waals surface area contributed by atoms with E-state index in [9.17, 15) is 9.59 Å². The summed E-state index contributed by atoms with van der Waals surface area (Å²) in [5, 5.41) is 0. The quantitative estimate of drug-likeness (QED) is 0.514. The van der Waals surface area contributed by atoms with Crippen molar-refractivity contribution < 1.29 is 9.59 Å². The Balaban J connectivity index is 1.95. The topological polar surface area (TPSA) is 58.9 Å². The maximum atomic E-state index is 10.1. The van der Waals surface area contributed by atoms with Crippen LogP contribution in [0.1, 0.15) is 19.3 Å². The molecule has 15 heavy (non-hydrogen) atoms. The Morgan fingerprint density at radius 1 is 0.933 bits per heavy atom. The van der Waals surface area contributed by atoms with E-state index < -0.39 is 0 Å². The lowest BCUT2D eigenvalue weighted by molar-refractivity contribution is 0.250. The molecule has 2 rings (SSSR count). The summed E-state index contributed by atoms with van der Waals surface area (Å²) in [7, 11) is 0. The van der Waals surface area contributed by atoms with E-state index in [1.165, 1.54) is 19.3 Å². The Hall–Kier alpha value is -1.24. The fourth-order valence-electron chi connectivity index (χ4n) is 3.38. The first-order valence-electron chi connectivity index (χ1n) is 5.42. The number of fused-ring (bicyclic) bond motifs is 2. The van der Waals surface area contributed by atoms with Crippen molar-refractivity contribution in [3.8, 4) is 0 Å². The third-order valence-corrected chi connectivity index (χ3v) is 3.87. The van der Waals surface area contributed by atoms with Gasteiger partial charge in [-0.15, -0.1) is 0 Å². The Labute approximate surface area is 88.5 Å². The Morgan fingerprint density at radius 2 is 1.47 bits per heavy atom. The molecule has 0 unspecified atom stereocenters. The van der Waals surface area contributed by atoms with Crippen molar-refractivity contribution in [2.45, 2.75) is 19.3 Å². The molecule has 0 N–H and O–H groups in total. The zero-order valence-corrected chi connectivity index (χ0v) is 8.56. The van der Waals surface area contributed by atoms with Crippen LogP contribution in [0.3, 0.4) is 0 Å². The molecule has 0 aromatic heterocycles. The molecule has 2 aliphatic carbocycles. The molecule has 80 valence electrons. The van der Waals surface area contributed by atoms with Gasteiger partial charge in [-0.05, 0) is 42.9 Å². The molecule has 0 radical (unpaired) electrons. The fourth-order valence-corrected chi connectivity index (χ4v) is 3.38. The Morgan fingerprint density at radius 3 is 1.87 bits per heavy atom. The van der Waals surface area contributed by atoms with Crippen molar-refractivity contribution in [2.75, 3.05) is 13.1 Å². The first kappa shape index (κ1) is 10.3. The molecule has 0 spiro atoms. The van der Waals surface area contributed by atoms with E-state index in [0.29, 0.717) is 30.8 Å². The second-order valence-corrected chi connectivity index (χ2v) is 4.62. The molecule has 4 heteroatoms. The van der Waals surface area contributed by atoms with Crippen LogP contribution in [0.25, 0.3) is 0 Å². The van der Waals surface area contributed by atoms with Gasteiger partial charge in [0.05, 0.1) is 13.1 Å². The van der Waals surface area contributed by atoms with Crippen LogP contribution in [-0.4, -0.2) is 25.2 Å². The van der Waals surface area contributed by atoms with Crippen molar-refractivity contribution in [1.82, 2.24) is 0 Å². The van der Waals surface area contributed by atoms with Gasteiger partial charge in [-0.2, -0.15) is 0 Å². The third-order valence-electron chi connectivity index (χ3n) is 3.87. The third kappa shape index (κ3) is 2.06. The summed E-state index contributed by atoms with van der Waals surface area (Å²) in [5.74, 6) is 2.38. The van der Waals surface area contributed by atoms with Crippen LogP contribution in [0.4, 0.5) is 0 Å². The van der Waals surface area contributed by atoms with Gasteiger partial charge in [-0.25, -0.2) is 19.6 Å². The standard InChI is InChI=1S/C11H14N2O2/c14-6-12-4-9-1-8-2-10(5-13-7-15)11(9)3-8/h8-11H,1-5H2/t8?,9-,10-,11?/m0/s1. The summed E-state index contributed by atoms with van der Waals surface area (Å²) in [5.41, 5.74) is 0. The molecule has 2 fully saturated rings. The van der Waals surface area contributed by atoms with E-state index in [2.05, 4.69) is 9.98 Å². The van der Waals surface area contributed by atoms with Crippen molar-refractivity contribution >= 4 is 12.2 Å². The Bertz CT molecular complexity index is 299. The minimum absolute atomic E-state index is 0.511. The first-order chi connectivity index (χ1) is 7.35. The van der Waals surface area contributed by atoms with Gasteiger partial charge < -0.3 is 0 Å². The minimum Gasteiger partial charge on any atom is -0.211 e. The molecule has 0 heterocycles. The van der Waals surface area contributed by atoms with Crippen molar-refractivity contribution in [3.63, 3.8) is 0 Å². The predicted octanol–water partition coefficient (Wildman–Crippen LogP) is 1.32. The monoisotopic (exact) mass is 206 g/mol. The molecule has 2 atom stereocenters. The van der Waals surface area contributed by atoms with Crippen LogP contribution < -0.4 is 0 Å². The average Bonchev–Trinajstić information content (AvgIpc) is 2.82. The van der Waals surface area contributed by atoms with Crippen LogP contribution in [0, 0.1) is 23.7 Å². The number of carbonyl (C=O) groups excluding carboxylic acids is 2.